The first-order valence-corrected chi connectivity index (χ1v) is 13.2. The van der Waals surface area contributed by atoms with Crippen molar-refractivity contribution in [2.75, 3.05) is 19.2 Å². The van der Waals surface area contributed by atoms with Crippen LogP contribution < -0.4 is 19.9 Å². The molecule has 4 aromatic rings. The van der Waals surface area contributed by atoms with E-state index in [1.54, 1.807) is 26.5 Å². The molecule has 5 rings (SSSR count). The fraction of sp³-hybridized carbons (Fsp3) is 0.129. The number of carbonyl (C=O) groups excluding carboxylic acids is 1. The summed E-state index contributed by atoms with van der Waals surface area (Å²) in [7, 11) is 3.33. The zero-order chi connectivity index (χ0) is 27.2. The van der Waals surface area contributed by atoms with E-state index in [1.807, 2.05) is 78.9 Å². The van der Waals surface area contributed by atoms with Crippen LogP contribution in [0.15, 0.2) is 112 Å². The van der Waals surface area contributed by atoms with Crippen molar-refractivity contribution in [2.45, 2.75) is 12.5 Å². The van der Waals surface area contributed by atoms with Crippen molar-refractivity contribution in [1.82, 2.24) is 5.43 Å². The van der Waals surface area contributed by atoms with E-state index in [-0.39, 0.29) is 11.9 Å². The average molecular weight is 583 g/mol. The van der Waals surface area contributed by atoms with Gasteiger partial charge in [-0.25, -0.2) is 5.43 Å². The number of rotatable bonds is 8. The number of carbonyl (C=O) groups is 1. The second kappa shape index (κ2) is 12.0. The zero-order valence-corrected chi connectivity index (χ0v) is 23.1. The summed E-state index contributed by atoms with van der Waals surface area (Å²) in [5.41, 5.74) is 8.10. The van der Waals surface area contributed by atoms with Gasteiger partial charge in [-0.05, 0) is 93.3 Å². The first-order valence-electron chi connectivity index (χ1n) is 12.4. The van der Waals surface area contributed by atoms with Gasteiger partial charge in [0.25, 0.3) is 5.91 Å². The molecule has 196 valence electrons. The molecule has 1 N–H and O–H groups in total. The van der Waals surface area contributed by atoms with Gasteiger partial charge in [-0.2, -0.15) is 10.2 Å². The van der Waals surface area contributed by atoms with Crippen LogP contribution in [0.4, 0.5) is 5.69 Å². The maximum absolute atomic E-state index is 12.4. The van der Waals surface area contributed by atoms with Crippen LogP contribution in [0.1, 0.15) is 39.5 Å². The molecule has 0 spiro atoms. The molecule has 1 atom stereocenters. The predicted octanol–water partition coefficient (Wildman–Crippen LogP) is 6.59. The fourth-order valence-corrected chi connectivity index (χ4v) is 4.84. The Bertz CT molecular complexity index is 1500. The monoisotopic (exact) mass is 582 g/mol. The van der Waals surface area contributed by atoms with Crippen LogP contribution >= 0.6 is 15.9 Å². The summed E-state index contributed by atoms with van der Waals surface area (Å²) < 4.78 is 11.4. The lowest BCUT2D eigenvalue weighted by molar-refractivity contribution is 0.0954. The van der Waals surface area contributed by atoms with Crippen molar-refractivity contribution in [1.29, 1.82) is 0 Å². The molecule has 0 aliphatic carbocycles. The van der Waals surface area contributed by atoms with Gasteiger partial charge in [0.2, 0.25) is 0 Å². The van der Waals surface area contributed by atoms with Crippen LogP contribution in [0.5, 0.6) is 11.5 Å². The highest BCUT2D eigenvalue weighted by Crippen LogP contribution is 2.37. The summed E-state index contributed by atoms with van der Waals surface area (Å²) in [6.45, 7) is 0. The average Bonchev–Trinajstić information content (AvgIpc) is 3.43. The van der Waals surface area contributed by atoms with Crippen LogP contribution in [-0.2, 0) is 0 Å². The molecule has 0 saturated heterocycles. The predicted molar refractivity (Wildman–Crippen MR) is 158 cm³/mol. The van der Waals surface area contributed by atoms with Gasteiger partial charge in [-0.15, -0.1) is 0 Å². The Morgan fingerprint density at radius 2 is 1.56 bits per heavy atom. The summed E-state index contributed by atoms with van der Waals surface area (Å²) in [4.78, 5) is 12.4. The third-order valence-corrected chi connectivity index (χ3v) is 7.18. The Morgan fingerprint density at radius 3 is 2.21 bits per heavy atom. The van der Waals surface area contributed by atoms with Crippen molar-refractivity contribution in [2.24, 2.45) is 10.2 Å². The molecule has 0 fully saturated rings. The molecule has 0 saturated carbocycles. The van der Waals surface area contributed by atoms with E-state index in [0.717, 1.165) is 46.0 Å². The highest BCUT2D eigenvalue weighted by Gasteiger charge is 2.30. The molecule has 1 unspecified atom stereocenters. The molecular weight excluding hydrogens is 556 g/mol. The first kappa shape index (κ1) is 26.2. The maximum Gasteiger partial charge on any atom is 0.272 e. The smallest absolute Gasteiger partial charge is 0.272 e. The van der Waals surface area contributed by atoms with Crippen LogP contribution in [-0.4, -0.2) is 32.1 Å². The maximum atomic E-state index is 12.4. The molecular formula is C31H27BrN4O3. The summed E-state index contributed by atoms with van der Waals surface area (Å²) in [6, 6.07) is 31.2. The summed E-state index contributed by atoms with van der Waals surface area (Å²) in [5.74, 6) is 1.34. The largest absolute Gasteiger partial charge is 0.497 e. The summed E-state index contributed by atoms with van der Waals surface area (Å²) in [6.07, 6.45) is 2.37. The van der Waals surface area contributed by atoms with Gasteiger partial charge in [-0.3, -0.25) is 9.80 Å². The highest BCUT2D eigenvalue weighted by molar-refractivity contribution is 9.10. The van der Waals surface area contributed by atoms with Crippen LogP contribution in [0, 0.1) is 0 Å². The van der Waals surface area contributed by atoms with Gasteiger partial charge < -0.3 is 9.47 Å². The Labute approximate surface area is 235 Å². The number of ether oxygens (including phenoxy) is 2. The van der Waals surface area contributed by atoms with Crippen LogP contribution in [0.25, 0.3) is 0 Å². The normalized spacial score (nSPS) is 14.8. The molecule has 8 heteroatoms. The van der Waals surface area contributed by atoms with Gasteiger partial charge in [0.05, 0.1) is 43.4 Å². The number of halogens is 1. The molecule has 1 aliphatic heterocycles. The van der Waals surface area contributed by atoms with Gasteiger partial charge in [0.1, 0.15) is 11.5 Å². The second-order valence-electron chi connectivity index (χ2n) is 8.88. The number of hydrazone groups is 2. The summed E-state index contributed by atoms with van der Waals surface area (Å²) >= 11 is 3.39. The van der Waals surface area contributed by atoms with Gasteiger partial charge in [0.15, 0.2) is 0 Å². The number of methoxy groups -OCH3 is 2. The van der Waals surface area contributed by atoms with Crippen molar-refractivity contribution >= 4 is 39.5 Å². The lowest BCUT2D eigenvalue weighted by atomic mass is 9.98. The SMILES string of the molecule is COc1ccc(C2=NN(c3ccc(/C=N/NC(=O)c4ccccc4Br)cc3)C(c3ccc(OC)cc3)C2)cc1. The number of hydrogen-bond acceptors (Lipinski definition) is 6. The van der Waals surface area contributed by atoms with Crippen LogP contribution in [0.3, 0.4) is 0 Å². The van der Waals surface area contributed by atoms with Gasteiger partial charge in [0, 0.05) is 10.9 Å². The van der Waals surface area contributed by atoms with Crippen molar-refractivity contribution in [3.8, 4) is 11.5 Å². The van der Waals surface area contributed by atoms with E-state index in [0.29, 0.717) is 10.0 Å². The lowest BCUT2D eigenvalue weighted by Gasteiger charge is -2.24. The number of anilines is 1. The highest BCUT2D eigenvalue weighted by atomic mass is 79.9. The van der Waals surface area contributed by atoms with E-state index in [4.69, 9.17) is 14.6 Å². The van der Waals surface area contributed by atoms with Crippen LogP contribution in [0.2, 0.25) is 0 Å². The zero-order valence-electron chi connectivity index (χ0n) is 21.5. The topological polar surface area (TPSA) is 75.5 Å². The minimum atomic E-state index is -0.282. The molecule has 1 aliphatic rings. The Morgan fingerprint density at radius 1 is 0.923 bits per heavy atom. The van der Waals surface area contributed by atoms with Gasteiger partial charge in [-0.1, -0.05) is 36.4 Å². The lowest BCUT2D eigenvalue weighted by Crippen LogP contribution is -2.18. The second-order valence-corrected chi connectivity index (χ2v) is 9.74. The molecule has 7 nitrogen and oxygen atoms in total. The Kier molecular flexibility index (Phi) is 8.03. The fourth-order valence-electron chi connectivity index (χ4n) is 4.38. The van der Waals surface area contributed by atoms with Gasteiger partial charge >= 0.3 is 0 Å². The third-order valence-electron chi connectivity index (χ3n) is 6.49. The quantitative estimate of drug-likeness (QED) is 0.188. The van der Waals surface area contributed by atoms with Crippen molar-refractivity contribution < 1.29 is 14.3 Å². The Balaban J connectivity index is 1.36. The Hall–Kier alpha value is -4.43. The molecule has 0 radical (unpaired) electrons. The number of nitrogens with zero attached hydrogens (tertiary/aromatic N) is 3. The molecule has 0 aromatic heterocycles. The van der Waals surface area contributed by atoms with E-state index in [9.17, 15) is 4.79 Å². The third kappa shape index (κ3) is 6.02. The number of hydrogen-bond donors (Lipinski definition) is 1. The minimum Gasteiger partial charge on any atom is -0.497 e. The first-order chi connectivity index (χ1) is 19.1. The molecule has 1 heterocycles. The van der Waals surface area contributed by atoms with Crippen molar-refractivity contribution in [3.63, 3.8) is 0 Å². The standard InChI is InChI=1S/C31H27BrN4O3/c1-38-25-15-9-22(10-16-25)29-19-30(23-11-17-26(39-2)18-12-23)36(35-29)24-13-7-21(8-14-24)20-33-34-31(37)27-5-3-4-6-28(27)32/h3-18,20,30H,19H2,1-2H3,(H,34,37)/b33-20+. The van der Waals surface area contributed by atoms with E-state index < -0.39 is 0 Å². The van der Waals surface area contributed by atoms with E-state index in [2.05, 4.69) is 43.6 Å². The molecule has 39 heavy (non-hydrogen) atoms. The molecule has 4 aromatic carbocycles. The number of nitrogens with one attached hydrogen (secondary N) is 1. The minimum absolute atomic E-state index is 0.0242. The molecule has 1 amide bonds. The van der Waals surface area contributed by atoms with Crippen molar-refractivity contribution in [3.05, 3.63) is 124 Å². The number of benzene rings is 4. The summed E-state index contributed by atoms with van der Waals surface area (Å²) in [5, 5.41) is 11.2. The molecule has 0 bridgehead atoms. The number of amides is 1. The van der Waals surface area contributed by atoms with E-state index >= 15 is 0 Å². The van der Waals surface area contributed by atoms with E-state index in [1.165, 1.54) is 0 Å².